The Morgan fingerprint density at radius 1 is 1.09 bits per heavy atom. The molecule has 0 aromatic heterocycles. The molecule has 1 aliphatic heterocycles. The van der Waals surface area contributed by atoms with E-state index >= 15 is 0 Å². The van der Waals surface area contributed by atoms with Gasteiger partial charge < -0.3 is 19.5 Å². The molecule has 0 atom stereocenters. The number of nitrogens with zero attached hydrogens (tertiary/aromatic N) is 1. The van der Waals surface area contributed by atoms with Crippen LogP contribution in [0.1, 0.15) is 19.4 Å². The van der Waals surface area contributed by atoms with Crippen molar-refractivity contribution in [3.63, 3.8) is 0 Å². The number of methoxy groups -OCH3 is 1. The molecule has 10 heteroatoms. The number of anilines is 1. The highest BCUT2D eigenvalue weighted by Crippen LogP contribution is 2.34. The van der Waals surface area contributed by atoms with Crippen LogP contribution in [-0.4, -0.2) is 54.3 Å². The van der Waals surface area contributed by atoms with Crippen LogP contribution < -0.4 is 14.8 Å². The first-order valence-electron chi connectivity index (χ1n) is 10.4. The maximum atomic E-state index is 12.6. The zero-order valence-electron chi connectivity index (χ0n) is 18.9. The molecule has 0 spiro atoms. The molecule has 3 amide bonds. The predicted molar refractivity (Wildman–Crippen MR) is 127 cm³/mol. The number of hydrogen-bond acceptors (Lipinski definition) is 8. The fraction of sp³-hybridized carbons (Fsp3) is 0.250. The lowest BCUT2D eigenvalue weighted by molar-refractivity contribution is -0.149. The van der Waals surface area contributed by atoms with Crippen molar-refractivity contribution in [3.8, 4) is 11.5 Å². The van der Waals surface area contributed by atoms with Crippen molar-refractivity contribution >= 4 is 46.5 Å². The first-order valence-corrected chi connectivity index (χ1v) is 11.2. The smallest absolute Gasteiger partial charge is 0.326 e. The monoisotopic (exact) mass is 484 g/mol. The number of rotatable bonds is 9. The Kier molecular flexibility index (Phi) is 8.31. The summed E-state index contributed by atoms with van der Waals surface area (Å²) < 4.78 is 15.9. The molecule has 3 rings (SSSR count). The summed E-state index contributed by atoms with van der Waals surface area (Å²) in [6, 6.07) is 13.9. The average Bonchev–Trinajstić information content (AvgIpc) is 3.05. The van der Waals surface area contributed by atoms with Crippen molar-refractivity contribution in [2.24, 2.45) is 0 Å². The molecule has 2 aromatic rings. The van der Waals surface area contributed by atoms with Gasteiger partial charge in [0, 0.05) is 5.69 Å². The third-order valence-electron chi connectivity index (χ3n) is 4.43. The molecule has 1 N–H and O–H groups in total. The highest BCUT2D eigenvalue weighted by Gasteiger charge is 2.36. The quantitative estimate of drug-likeness (QED) is 0.424. The van der Waals surface area contributed by atoms with E-state index in [2.05, 4.69) is 5.32 Å². The summed E-state index contributed by atoms with van der Waals surface area (Å²) in [6.07, 6.45) is 1.17. The molecule has 1 saturated heterocycles. The molecule has 1 fully saturated rings. The number of esters is 1. The number of thioether (sulfide) groups is 1. The van der Waals surface area contributed by atoms with E-state index in [1.807, 2.05) is 18.2 Å². The van der Waals surface area contributed by atoms with Crippen LogP contribution >= 0.6 is 11.8 Å². The Bertz CT molecular complexity index is 1120. The van der Waals surface area contributed by atoms with Crippen LogP contribution in [0.4, 0.5) is 10.5 Å². The molecule has 0 unspecified atom stereocenters. The van der Waals surface area contributed by atoms with Gasteiger partial charge in [0.05, 0.1) is 18.1 Å². The number of benzene rings is 2. The summed E-state index contributed by atoms with van der Waals surface area (Å²) in [7, 11) is 1.45. The van der Waals surface area contributed by atoms with Gasteiger partial charge in [-0.3, -0.25) is 24.1 Å². The van der Waals surface area contributed by atoms with Crippen LogP contribution in [0.2, 0.25) is 0 Å². The van der Waals surface area contributed by atoms with E-state index in [4.69, 9.17) is 14.2 Å². The van der Waals surface area contributed by atoms with Crippen LogP contribution in [0.15, 0.2) is 53.4 Å². The van der Waals surface area contributed by atoms with Crippen molar-refractivity contribution < 1.29 is 33.4 Å². The third-order valence-corrected chi connectivity index (χ3v) is 5.34. The van der Waals surface area contributed by atoms with Crippen molar-refractivity contribution in [3.05, 3.63) is 59.0 Å². The lowest BCUT2D eigenvalue weighted by Gasteiger charge is -2.13. The number of nitrogens with one attached hydrogen (secondary N) is 1. The number of ether oxygens (including phenoxy) is 3. The predicted octanol–water partition coefficient (Wildman–Crippen LogP) is 3.70. The number of para-hydroxylation sites is 1. The average molecular weight is 485 g/mol. The number of carbonyl (C=O) groups excluding carboxylic acids is 4. The summed E-state index contributed by atoms with van der Waals surface area (Å²) in [6.45, 7) is 2.70. The van der Waals surface area contributed by atoms with E-state index in [1.165, 1.54) is 13.2 Å². The van der Waals surface area contributed by atoms with Crippen molar-refractivity contribution in [2.45, 2.75) is 20.0 Å². The fourth-order valence-corrected chi connectivity index (χ4v) is 3.81. The standard InChI is InChI=1S/C24H24N2O7S/c1-15(2)33-22(28)13-26-23(29)20(34-24(26)30)12-16-9-10-18(19(11-16)31-3)32-14-21(27)25-17-7-5-4-6-8-17/h4-12,15H,13-14H2,1-3H3,(H,25,27)/b20-12+. The van der Waals surface area contributed by atoms with Gasteiger partial charge in [-0.1, -0.05) is 24.3 Å². The molecule has 0 saturated carbocycles. The minimum Gasteiger partial charge on any atom is -0.493 e. The van der Waals surface area contributed by atoms with Gasteiger partial charge in [-0.15, -0.1) is 0 Å². The fourth-order valence-electron chi connectivity index (χ4n) is 2.97. The number of imide groups is 1. The van der Waals surface area contributed by atoms with Gasteiger partial charge >= 0.3 is 5.97 Å². The first kappa shape index (κ1) is 24.8. The summed E-state index contributed by atoms with van der Waals surface area (Å²) >= 11 is 0.736. The molecule has 0 radical (unpaired) electrons. The van der Waals surface area contributed by atoms with Crippen molar-refractivity contribution in [1.82, 2.24) is 4.90 Å². The lowest BCUT2D eigenvalue weighted by Crippen LogP contribution is -2.35. The Labute approximate surface area is 201 Å². The second-order valence-electron chi connectivity index (χ2n) is 7.42. The molecular weight excluding hydrogens is 460 g/mol. The molecule has 34 heavy (non-hydrogen) atoms. The SMILES string of the molecule is COc1cc(/C=C2/SC(=O)N(CC(=O)OC(C)C)C2=O)ccc1OCC(=O)Nc1ccccc1. The number of carbonyl (C=O) groups is 4. The molecular formula is C24H24N2O7S. The van der Waals surface area contributed by atoms with Crippen LogP contribution in [0, 0.1) is 0 Å². The summed E-state index contributed by atoms with van der Waals surface area (Å²) in [5.74, 6) is -0.874. The van der Waals surface area contributed by atoms with Crippen LogP contribution in [-0.2, 0) is 19.1 Å². The minimum atomic E-state index is -0.655. The molecule has 2 aromatic carbocycles. The summed E-state index contributed by atoms with van der Waals surface area (Å²) in [5, 5.41) is 2.17. The highest BCUT2D eigenvalue weighted by molar-refractivity contribution is 8.18. The van der Waals surface area contributed by atoms with Gasteiger partial charge in [-0.05, 0) is 61.5 Å². The van der Waals surface area contributed by atoms with Crippen molar-refractivity contribution in [1.29, 1.82) is 0 Å². The number of hydrogen-bond donors (Lipinski definition) is 1. The van der Waals surface area contributed by atoms with E-state index in [-0.39, 0.29) is 23.5 Å². The van der Waals surface area contributed by atoms with E-state index < -0.39 is 23.7 Å². The summed E-state index contributed by atoms with van der Waals surface area (Å²) in [5.41, 5.74) is 1.23. The van der Waals surface area contributed by atoms with Gasteiger partial charge in [0.25, 0.3) is 17.1 Å². The Morgan fingerprint density at radius 2 is 1.82 bits per heavy atom. The molecule has 0 bridgehead atoms. The largest absolute Gasteiger partial charge is 0.493 e. The lowest BCUT2D eigenvalue weighted by atomic mass is 10.2. The Balaban J connectivity index is 1.65. The molecule has 0 aliphatic carbocycles. The zero-order valence-corrected chi connectivity index (χ0v) is 19.7. The topological polar surface area (TPSA) is 111 Å². The second kappa shape index (κ2) is 11.4. The number of amides is 3. The van der Waals surface area contributed by atoms with E-state index in [0.29, 0.717) is 22.7 Å². The molecule has 1 heterocycles. The first-order chi connectivity index (χ1) is 16.3. The maximum absolute atomic E-state index is 12.6. The van der Waals surface area contributed by atoms with E-state index in [1.54, 1.807) is 44.2 Å². The zero-order chi connectivity index (χ0) is 24.7. The maximum Gasteiger partial charge on any atom is 0.326 e. The Hall–Kier alpha value is -3.79. The Morgan fingerprint density at radius 3 is 2.50 bits per heavy atom. The highest BCUT2D eigenvalue weighted by atomic mass is 32.2. The normalized spacial score (nSPS) is 14.5. The van der Waals surface area contributed by atoms with E-state index in [9.17, 15) is 19.2 Å². The second-order valence-corrected chi connectivity index (χ2v) is 8.41. The van der Waals surface area contributed by atoms with Gasteiger partial charge in [-0.25, -0.2) is 0 Å². The van der Waals surface area contributed by atoms with Crippen molar-refractivity contribution in [2.75, 3.05) is 25.6 Å². The molecule has 1 aliphatic rings. The van der Waals surface area contributed by atoms with Gasteiger partial charge in [0.1, 0.15) is 6.54 Å². The summed E-state index contributed by atoms with van der Waals surface area (Å²) in [4.78, 5) is 49.8. The molecule has 9 nitrogen and oxygen atoms in total. The van der Waals surface area contributed by atoms with Crippen LogP contribution in [0.5, 0.6) is 11.5 Å². The van der Waals surface area contributed by atoms with Gasteiger partial charge in [0.2, 0.25) is 0 Å². The van der Waals surface area contributed by atoms with Crippen LogP contribution in [0.25, 0.3) is 6.08 Å². The minimum absolute atomic E-state index is 0.167. The molecule has 178 valence electrons. The third kappa shape index (κ3) is 6.61. The van der Waals surface area contributed by atoms with Gasteiger partial charge in [0.15, 0.2) is 18.1 Å². The van der Waals surface area contributed by atoms with Gasteiger partial charge in [-0.2, -0.15) is 0 Å². The van der Waals surface area contributed by atoms with Crippen LogP contribution in [0.3, 0.4) is 0 Å². The van der Waals surface area contributed by atoms with E-state index in [0.717, 1.165) is 16.7 Å².